The van der Waals surface area contributed by atoms with E-state index in [4.69, 9.17) is 10.2 Å². The van der Waals surface area contributed by atoms with Gasteiger partial charge in [-0.2, -0.15) is 0 Å². The first-order valence-electron chi connectivity index (χ1n) is 6.80. The number of nitrogens with one attached hydrogen (secondary N) is 1. The van der Waals surface area contributed by atoms with E-state index in [-0.39, 0.29) is 0 Å². The van der Waals surface area contributed by atoms with Crippen molar-refractivity contribution in [3.63, 3.8) is 0 Å². The molecule has 106 valence electrons. The second kappa shape index (κ2) is 6.75. The number of guanidine groups is 1. The summed E-state index contributed by atoms with van der Waals surface area (Å²) in [6.07, 6.45) is 3.49. The second-order valence-electron chi connectivity index (χ2n) is 4.45. The highest BCUT2D eigenvalue weighted by Gasteiger charge is 2.01. The highest BCUT2D eigenvalue weighted by atomic mass is 16.4. The minimum atomic E-state index is 0.365. The van der Waals surface area contributed by atoms with E-state index in [1.807, 2.05) is 19.1 Å². The molecule has 0 radical (unpaired) electrons. The lowest BCUT2D eigenvalue weighted by Gasteiger charge is -2.05. The van der Waals surface area contributed by atoms with Crippen LogP contribution >= 0.6 is 0 Å². The van der Waals surface area contributed by atoms with Crippen molar-refractivity contribution in [2.24, 2.45) is 10.7 Å². The number of aromatic nitrogens is 1. The molecular weight excluding hydrogens is 252 g/mol. The fourth-order valence-corrected chi connectivity index (χ4v) is 1.76. The summed E-state index contributed by atoms with van der Waals surface area (Å²) < 4.78 is 5.46. The van der Waals surface area contributed by atoms with Gasteiger partial charge in [-0.1, -0.05) is 26.0 Å². The van der Waals surface area contributed by atoms with E-state index >= 15 is 0 Å². The Morgan fingerprint density at radius 3 is 2.60 bits per heavy atom. The van der Waals surface area contributed by atoms with Gasteiger partial charge in [0, 0.05) is 12.1 Å². The minimum Gasteiger partial charge on any atom is -0.444 e. The van der Waals surface area contributed by atoms with Crippen molar-refractivity contribution in [2.45, 2.75) is 33.2 Å². The molecule has 0 atom stereocenters. The van der Waals surface area contributed by atoms with Gasteiger partial charge in [-0.05, 0) is 24.1 Å². The molecule has 2 aromatic rings. The summed E-state index contributed by atoms with van der Waals surface area (Å²) in [5.74, 6) is 1.80. The van der Waals surface area contributed by atoms with Crippen molar-refractivity contribution in [1.82, 2.24) is 4.98 Å². The largest absolute Gasteiger partial charge is 0.444 e. The van der Waals surface area contributed by atoms with Gasteiger partial charge in [0.25, 0.3) is 0 Å². The van der Waals surface area contributed by atoms with E-state index in [1.165, 1.54) is 5.56 Å². The van der Waals surface area contributed by atoms with Crippen LogP contribution in [0.5, 0.6) is 0 Å². The Kier molecular flexibility index (Phi) is 4.76. The lowest BCUT2D eigenvalue weighted by atomic mass is 10.1. The third-order valence-electron chi connectivity index (χ3n) is 2.94. The molecule has 1 aromatic carbocycles. The van der Waals surface area contributed by atoms with E-state index in [0.717, 1.165) is 24.4 Å². The SMILES string of the molecule is CCc1ccc(NC(N)=NCc2cnc(CC)o2)cc1. The minimum absolute atomic E-state index is 0.365. The number of aliphatic imine (C=N–C) groups is 1. The molecule has 0 unspecified atom stereocenters. The molecule has 20 heavy (non-hydrogen) atoms. The molecule has 0 amide bonds. The van der Waals surface area contributed by atoms with E-state index in [9.17, 15) is 0 Å². The van der Waals surface area contributed by atoms with Gasteiger partial charge in [-0.15, -0.1) is 0 Å². The summed E-state index contributed by atoms with van der Waals surface area (Å²) in [6.45, 7) is 4.51. The first-order chi connectivity index (χ1) is 9.71. The van der Waals surface area contributed by atoms with Gasteiger partial charge in [-0.25, -0.2) is 9.98 Å². The third-order valence-corrected chi connectivity index (χ3v) is 2.94. The quantitative estimate of drug-likeness (QED) is 0.648. The van der Waals surface area contributed by atoms with Gasteiger partial charge in [0.1, 0.15) is 12.3 Å². The number of aryl methyl sites for hydroxylation is 2. The third kappa shape index (κ3) is 3.85. The van der Waals surface area contributed by atoms with Gasteiger partial charge in [0.2, 0.25) is 0 Å². The standard InChI is InChI=1S/C15H20N4O/c1-3-11-5-7-12(8-6-11)19-15(16)18-10-13-9-17-14(4-2)20-13/h5-9H,3-4,10H2,1-2H3,(H3,16,18,19). The summed E-state index contributed by atoms with van der Waals surface area (Å²) in [5.41, 5.74) is 8.06. The molecule has 1 heterocycles. The summed E-state index contributed by atoms with van der Waals surface area (Å²) in [5, 5.41) is 3.05. The Labute approximate surface area is 118 Å². The molecule has 5 nitrogen and oxygen atoms in total. The zero-order valence-corrected chi connectivity index (χ0v) is 11.9. The maximum atomic E-state index is 5.84. The predicted octanol–water partition coefficient (Wildman–Crippen LogP) is 2.73. The van der Waals surface area contributed by atoms with Crippen molar-refractivity contribution < 1.29 is 4.42 Å². The van der Waals surface area contributed by atoms with Gasteiger partial charge >= 0.3 is 0 Å². The first kappa shape index (κ1) is 14.1. The smallest absolute Gasteiger partial charge is 0.194 e. The fourth-order valence-electron chi connectivity index (χ4n) is 1.76. The van der Waals surface area contributed by atoms with Crippen LogP contribution in [0.25, 0.3) is 0 Å². The lowest BCUT2D eigenvalue weighted by molar-refractivity contribution is 0.462. The van der Waals surface area contributed by atoms with Crippen LogP contribution in [0.15, 0.2) is 39.9 Å². The van der Waals surface area contributed by atoms with Crippen molar-refractivity contribution in [1.29, 1.82) is 0 Å². The lowest BCUT2D eigenvalue weighted by Crippen LogP contribution is -2.22. The summed E-state index contributed by atoms with van der Waals surface area (Å²) >= 11 is 0. The molecule has 2 rings (SSSR count). The number of benzene rings is 1. The van der Waals surface area contributed by atoms with E-state index in [1.54, 1.807) is 6.20 Å². The van der Waals surface area contributed by atoms with Crippen molar-refractivity contribution in [3.8, 4) is 0 Å². The van der Waals surface area contributed by atoms with Crippen LogP contribution in [0.3, 0.4) is 0 Å². The number of hydrogen-bond donors (Lipinski definition) is 2. The Bertz CT molecular complexity index is 572. The maximum absolute atomic E-state index is 5.84. The van der Waals surface area contributed by atoms with Gasteiger partial charge in [-0.3, -0.25) is 0 Å². The van der Waals surface area contributed by atoms with Gasteiger partial charge in [0.05, 0.1) is 6.20 Å². The highest BCUT2D eigenvalue weighted by molar-refractivity contribution is 5.92. The Morgan fingerprint density at radius 1 is 1.25 bits per heavy atom. The molecule has 5 heteroatoms. The molecule has 0 spiro atoms. The first-order valence-corrected chi connectivity index (χ1v) is 6.80. The number of oxazole rings is 1. The Balaban J connectivity index is 1.92. The molecule has 0 aliphatic heterocycles. The molecular formula is C15H20N4O. The molecule has 0 bridgehead atoms. The molecule has 0 saturated heterocycles. The molecule has 0 fully saturated rings. The normalized spacial score (nSPS) is 11.6. The summed E-state index contributed by atoms with van der Waals surface area (Å²) in [6, 6.07) is 8.12. The predicted molar refractivity (Wildman–Crippen MR) is 80.7 cm³/mol. The van der Waals surface area contributed by atoms with E-state index in [0.29, 0.717) is 18.3 Å². The average molecular weight is 272 g/mol. The van der Waals surface area contributed by atoms with Crippen LogP contribution in [0, 0.1) is 0 Å². The summed E-state index contributed by atoms with van der Waals surface area (Å²) in [4.78, 5) is 8.35. The van der Waals surface area contributed by atoms with Crippen LogP contribution in [0.4, 0.5) is 5.69 Å². The topological polar surface area (TPSA) is 76.4 Å². The Morgan fingerprint density at radius 2 is 2.00 bits per heavy atom. The van der Waals surface area contributed by atoms with Crippen LogP contribution < -0.4 is 11.1 Å². The number of nitrogens with zero attached hydrogens (tertiary/aromatic N) is 2. The van der Waals surface area contributed by atoms with Gasteiger partial charge < -0.3 is 15.5 Å². The van der Waals surface area contributed by atoms with E-state index in [2.05, 4.69) is 34.3 Å². The average Bonchev–Trinajstić information content (AvgIpc) is 2.94. The molecule has 1 aromatic heterocycles. The van der Waals surface area contributed by atoms with Crippen LogP contribution in [-0.2, 0) is 19.4 Å². The van der Waals surface area contributed by atoms with Crippen molar-refractivity contribution >= 4 is 11.6 Å². The second-order valence-corrected chi connectivity index (χ2v) is 4.45. The number of rotatable bonds is 5. The number of nitrogens with two attached hydrogens (primary N) is 1. The van der Waals surface area contributed by atoms with Gasteiger partial charge in [0.15, 0.2) is 11.9 Å². The van der Waals surface area contributed by atoms with Crippen LogP contribution in [0.2, 0.25) is 0 Å². The van der Waals surface area contributed by atoms with Crippen LogP contribution in [0.1, 0.15) is 31.1 Å². The zero-order chi connectivity index (χ0) is 14.4. The monoisotopic (exact) mass is 272 g/mol. The Hall–Kier alpha value is -2.30. The number of anilines is 1. The van der Waals surface area contributed by atoms with Crippen molar-refractivity contribution in [2.75, 3.05) is 5.32 Å². The molecule has 0 saturated carbocycles. The maximum Gasteiger partial charge on any atom is 0.194 e. The molecule has 0 aliphatic rings. The molecule has 3 N–H and O–H groups in total. The van der Waals surface area contributed by atoms with E-state index < -0.39 is 0 Å². The van der Waals surface area contributed by atoms with Crippen LogP contribution in [-0.4, -0.2) is 10.9 Å². The summed E-state index contributed by atoms with van der Waals surface area (Å²) in [7, 11) is 0. The number of hydrogen-bond acceptors (Lipinski definition) is 3. The fraction of sp³-hybridized carbons (Fsp3) is 0.333. The molecule has 0 aliphatic carbocycles. The van der Waals surface area contributed by atoms with Crippen molar-refractivity contribution in [3.05, 3.63) is 47.7 Å². The zero-order valence-electron chi connectivity index (χ0n) is 11.9. The highest BCUT2D eigenvalue weighted by Crippen LogP contribution is 2.10.